The first-order valence-corrected chi connectivity index (χ1v) is 5.34. The number of amides is 2. The minimum atomic E-state index is -0.303. The molecule has 0 saturated carbocycles. The van der Waals surface area contributed by atoms with E-state index in [0.717, 1.165) is 0 Å². The van der Waals surface area contributed by atoms with Gasteiger partial charge in [-0.05, 0) is 30.2 Å². The third-order valence-corrected chi connectivity index (χ3v) is 3.08. The number of nitrogens with one attached hydrogen (secondary N) is 1. The summed E-state index contributed by atoms with van der Waals surface area (Å²) >= 11 is 6.04. The highest BCUT2D eigenvalue weighted by Gasteiger charge is 2.28. The number of hydrogen-bond acceptors (Lipinski definition) is 1. The molecular weight excluding hydrogens is 231 g/mol. The summed E-state index contributed by atoms with van der Waals surface area (Å²) in [7, 11) is 1.69. The van der Waals surface area contributed by atoms with E-state index in [1.807, 2.05) is 0 Å². The van der Waals surface area contributed by atoms with Gasteiger partial charge in [-0.1, -0.05) is 11.6 Å². The topological polar surface area (TPSA) is 32.3 Å². The Morgan fingerprint density at radius 1 is 1.56 bits per heavy atom. The highest BCUT2D eigenvalue weighted by molar-refractivity contribution is 6.31. The van der Waals surface area contributed by atoms with Crippen molar-refractivity contribution in [1.82, 2.24) is 10.2 Å². The van der Waals surface area contributed by atoms with E-state index in [2.05, 4.69) is 5.32 Å². The molecule has 1 unspecified atom stereocenters. The molecule has 0 radical (unpaired) electrons. The van der Waals surface area contributed by atoms with Crippen molar-refractivity contribution in [3.8, 4) is 0 Å². The van der Waals surface area contributed by atoms with E-state index in [4.69, 9.17) is 11.6 Å². The van der Waals surface area contributed by atoms with Gasteiger partial charge in [0.05, 0.1) is 6.04 Å². The summed E-state index contributed by atoms with van der Waals surface area (Å²) in [5, 5.41) is 3.23. The first-order valence-electron chi connectivity index (χ1n) is 4.96. The lowest BCUT2D eigenvalue weighted by Crippen LogP contribution is -2.24. The maximum absolute atomic E-state index is 13.4. The van der Waals surface area contributed by atoms with E-state index in [9.17, 15) is 9.18 Å². The second-order valence-corrected chi connectivity index (χ2v) is 4.41. The molecule has 5 heteroatoms. The van der Waals surface area contributed by atoms with Gasteiger partial charge >= 0.3 is 6.03 Å². The lowest BCUT2D eigenvalue weighted by molar-refractivity contribution is 0.226. The third kappa shape index (κ3) is 1.85. The van der Waals surface area contributed by atoms with Crippen molar-refractivity contribution in [2.24, 2.45) is 0 Å². The fourth-order valence-electron chi connectivity index (χ4n) is 1.77. The predicted octanol–water partition coefficient (Wildman–Crippen LogP) is 2.48. The smallest absolute Gasteiger partial charge is 0.317 e. The molecule has 0 aliphatic carbocycles. The van der Waals surface area contributed by atoms with Crippen LogP contribution >= 0.6 is 11.6 Å². The van der Waals surface area contributed by atoms with Crippen LogP contribution in [0.5, 0.6) is 0 Å². The monoisotopic (exact) mass is 242 g/mol. The number of halogens is 2. The maximum Gasteiger partial charge on any atom is 0.317 e. The quantitative estimate of drug-likeness (QED) is 0.806. The van der Waals surface area contributed by atoms with Crippen molar-refractivity contribution >= 4 is 17.6 Å². The normalized spacial score (nSPS) is 20.1. The van der Waals surface area contributed by atoms with E-state index in [0.29, 0.717) is 22.7 Å². The minimum Gasteiger partial charge on any atom is -0.329 e. The van der Waals surface area contributed by atoms with E-state index in [-0.39, 0.29) is 17.9 Å². The van der Waals surface area contributed by atoms with Gasteiger partial charge in [0.2, 0.25) is 0 Å². The summed E-state index contributed by atoms with van der Waals surface area (Å²) in [6.45, 7) is 2.16. The fourth-order valence-corrected chi connectivity index (χ4v) is 2.12. The number of carbonyl (C=O) groups excluding carboxylic acids is 1. The maximum atomic E-state index is 13.4. The van der Waals surface area contributed by atoms with Crippen LogP contribution in [0.15, 0.2) is 12.1 Å². The molecule has 2 rings (SSSR count). The number of carbonyl (C=O) groups is 1. The average Bonchev–Trinajstić information content (AvgIpc) is 2.53. The second-order valence-electron chi connectivity index (χ2n) is 4.01. The van der Waals surface area contributed by atoms with Crippen LogP contribution in [0.25, 0.3) is 0 Å². The van der Waals surface area contributed by atoms with Gasteiger partial charge in [-0.3, -0.25) is 0 Å². The van der Waals surface area contributed by atoms with Crippen molar-refractivity contribution in [2.45, 2.75) is 13.0 Å². The number of likely N-dealkylation sites (N-methyl/N-ethyl adjacent to an activating group) is 1. The van der Waals surface area contributed by atoms with Gasteiger partial charge in [-0.2, -0.15) is 0 Å². The highest BCUT2D eigenvalue weighted by Crippen LogP contribution is 2.28. The molecular formula is C11H12ClFN2O. The summed E-state index contributed by atoms with van der Waals surface area (Å²) in [5.74, 6) is -0.303. The van der Waals surface area contributed by atoms with Crippen molar-refractivity contribution < 1.29 is 9.18 Å². The molecule has 1 heterocycles. The van der Waals surface area contributed by atoms with Gasteiger partial charge in [0, 0.05) is 18.6 Å². The Bertz CT molecular complexity index is 450. The van der Waals surface area contributed by atoms with Crippen LogP contribution in [-0.4, -0.2) is 24.5 Å². The lowest BCUT2D eigenvalue weighted by Gasteiger charge is -2.12. The SMILES string of the molecule is Cc1cc(Cl)c(C2CN(C)C(=O)N2)cc1F. The molecule has 1 aliphatic rings. The molecule has 3 nitrogen and oxygen atoms in total. The number of hydrogen-bond donors (Lipinski definition) is 1. The van der Waals surface area contributed by atoms with Gasteiger partial charge in [-0.15, -0.1) is 0 Å². The summed E-state index contributed by atoms with van der Waals surface area (Å²) in [4.78, 5) is 12.8. The Labute approximate surface area is 98.2 Å². The Morgan fingerprint density at radius 3 is 2.81 bits per heavy atom. The molecule has 1 N–H and O–H groups in total. The molecule has 86 valence electrons. The molecule has 16 heavy (non-hydrogen) atoms. The van der Waals surface area contributed by atoms with Gasteiger partial charge in [-0.25, -0.2) is 9.18 Å². The number of benzene rings is 1. The van der Waals surface area contributed by atoms with Crippen LogP contribution < -0.4 is 5.32 Å². The number of aryl methyl sites for hydroxylation is 1. The molecule has 1 atom stereocenters. The Hall–Kier alpha value is -1.29. The van der Waals surface area contributed by atoms with Crippen LogP contribution in [0, 0.1) is 12.7 Å². The summed E-state index contributed by atoms with van der Waals surface area (Å²) in [5.41, 5.74) is 1.13. The van der Waals surface area contributed by atoms with E-state index in [1.165, 1.54) is 6.07 Å². The van der Waals surface area contributed by atoms with E-state index in [1.54, 1.807) is 24.9 Å². The fraction of sp³-hybridized carbons (Fsp3) is 0.364. The zero-order valence-electron chi connectivity index (χ0n) is 9.05. The van der Waals surface area contributed by atoms with Crippen molar-refractivity contribution in [3.05, 3.63) is 34.1 Å². The molecule has 1 saturated heterocycles. The van der Waals surface area contributed by atoms with Gasteiger partial charge in [0.1, 0.15) is 5.82 Å². The Balaban J connectivity index is 2.35. The van der Waals surface area contributed by atoms with Crippen molar-refractivity contribution in [2.75, 3.05) is 13.6 Å². The molecule has 1 aromatic rings. The number of nitrogens with zero attached hydrogens (tertiary/aromatic N) is 1. The van der Waals surface area contributed by atoms with E-state index < -0.39 is 0 Å². The first-order chi connectivity index (χ1) is 7.49. The summed E-state index contributed by atoms with van der Waals surface area (Å²) < 4.78 is 13.4. The molecule has 2 amide bonds. The zero-order chi connectivity index (χ0) is 11.9. The third-order valence-electron chi connectivity index (χ3n) is 2.75. The predicted molar refractivity (Wildman–Crippen MR) is 60.0 cm³/mol. The minimum absolute atomic E-state index is 0.165. The van der Waals surface area contributed by atoms with Crippen LogP contribution in [0.3, 0.4) is 0 Å². The van der Waals surface area contributed by atoms with Crippen LogP contribution in [0.4, 0.5) is 9.18 Å². The van der Waals surface area contributed by atoms with Crippen molar-refractivity contribution in [3.63, 3.8) is 0 Å². The van der Waals surface area contributed by atoms with Crippen LogP contribution in [0.2, 0.25) is 5.02 Å². The summed E-state index contributed by atoms with van der Waals surface area (Å²) in [6, 6.07) is 2.57. The molecule has 1 aromatic carbocycles. The molecule has 0 bridgehead atoms. The van der Waals surface area contributed by atoms with Crippen LogP contribution in [-0.2, 0) is 0 Å². The zero-order valence-corrected chi connectivity index (χ0v) is 9.81. The van der Waals surface area contributed by atoms with E-state index >= 15 is 0 Å². The summed E-state index contributed by atoms with van der Waals surface area (Å²) in [6.07, 6.45) is 0. The lowest BCUT2D eigenvalue weighted by atomic mass is 10.1. The van der Waals surface area contributed by atoms with Gasteiger partial charge in [0.25, 0.3) is 0 Å². The molecule has 0 spiro atoms. The number of urea groups is 1. The average molecular weight is 243 g/mol. The number of rotatable bonds is 1. The van der Waals surface area contributed by atoms with Crippen LogP contribution in [0.1, 0.15) is 17.2 Å². The largest absolute Gasteiger partial charge is 0.329 e. The molecule has 1 aliphatic heterocycles. The van der Waals surface area contributed by atoms with Crippen molar-refractivity contribution in [1.29, 1.82) is 0 Å². The molecule has 0 aromatic heterocycles. The Kier molecular flexibility index (Phi) is 2.76. The van der Waals surface area contributed by atoms with Gasteiger partial charge < -0.3 is 10.2 Å². The van der Waals surface area contributed by atoms with Gasteiger partial charge in [0.15, 0.2) is 0 Å². The Morgan fingerprint density at radius 2 is 2.25 bits per heavy atom. The second kappa shape index (κ2) is 3.94. The highest BCUT2D eigenvalue weighted by atomic mass is 35.5. The first kappa shape index (κ1) is 11.2. The molecule has 1 fully saturated rings. The standard InChI is InChI=1S/C11H12ClFN2O/c1-6-3-8(12)7(4-9(6)13)10-5-15(2)11(16)14-10/h3-4,10H,5H2,1-2H3,(H,14,16).